The van der Waals surface area contributed by atoms with Gasteiger partial charge >= 0.3 is 0 Å². The number of anilines is 1. The topological polar surface area (TPSA) is 59.8 Å². The molecule has 158 valence electrons. The van der Waals surface area contributed by atoms with E-state index in [2.05, 4.69) is 52.3 Å². The van der Waals surface area contributed by atoms with Gasteiger partial charge in [-0.15, -0.1) is 21.5 Å². The van der Waals surface area contributed by atoms with Crippen LogP contribution in [-0.4, -0.2) is 26.4 Å². The Bertz CT molecular complexity index is 1070. The number of aromatic nitrogens is 3. The average Bonchev–Trinajstić information content (AvgIpc) is 3.31. The van der Waals surface area contributed by atoms with Gasteiger partial charge in [-0.2, -0.15) is 0 Å². The Kier molecular flexibility index (Phi) is 6.29. The highest BCUT2D eigenvalue weighted by molar-refractivity contribution is 7.99. The van der Waals surface area contributed by atoms with Gasteiger partial charge in [0.25, 0.3) is 0 Å². The quantitative estimate of drug-likeness (QED) is 0.514. The second-order valence-electron chi connectivity index (χ2n) is 8.10. The number of rotatable bonds is 6. The summed E-state index contributed by atoms with van der Waals surface area (Å²) in [5.41, 5.74) is 5.80. The summed E-state index contributed by atoms with van der Waals surface area (Å²) >= 11 is 3.29. The van der Waals surface area contributed by atoms with Crippen molar-refractivity contribution in [2.45, 2.75) is 58.7 Å². The normalized spacial score (nSPS) is 15.8. The number of fused-ring (bicyclic) bond motifs is 1. The van der Waals surface area contributed by atoms with E-state index < -0.39 is 0 Å². The number of thioether (sulfide) groups is 1. The minimum absolute atomic E-state index is 0.0268. The number of carbonyl (C=O) groups is 1. The van der Waals surface area contributed by atoms with Crippen molar-refractivity contribution in [3.63, 3.8) is 0 Å². The molecule has 1 N–H and O–H groups in total. The minimum atomic E-state index is -0.0268. The van der Waals surface area contributed by atoms with Crippen molar-refractivity contribution in [3.05, 3.63) is 45.1 Å². The van der Waals surface area contributed by atoms with Gasteiger partial charge < -0.3 is 9.88 Å². The highest BCUT2D eigenvalue weighted by atomic mass is 32.2. The second-order valence-corrected chi connectivity index (χ2v) is 10.0. The van der Waals surface area contributed by atoms with Crippen molar-refractivity contribution >= 4 is 34.7 Å². The van der Waals surface area contributed by atoms with E-state index in [-0.39, 0.29) is 5.91 Å². The van der Waals surface area contributed by atoms with Gasteiger partial charge in [0.15, 0.2) is 11.0 Å². The summed E-state index contributed by atoms with van der Waals surface area (Å²) in [5, 5.41) is 15.0. The van der Waals surface area contributed by atoms with E-state index in [1.807, 2.05) is 30.4 Å². The molecule has 1 unspecified atom stereocenters. The number of hydrogen-bond donors (Lipinski definition) is 1. The molecular formula is C23H28N4OS2. The zero-order valence-electron chi connectivity index (χ0n) is 18.0. The average molecular weight is 441 g/mol. The Hall–Kier alpha value is -2.12. The van der Waals surface area contributed by atoms with Crippen LogP contribution >= 0.6 is 23.1 Å². The lowest BCUT2D eigenvalue weighted by atomic mass is 9.88. The number of amides is 1. The summed E-state index contributed by atoms with van der Waals surface area (Å²) in [6.45, 7) is 9.28. The van der Waals surface area contributed by atoms with E-state index in [9.17, 15) is 4.79 Å². The van der Waals surface area contributed by atoms with Crippen LogP contribution in [0.15, 0.2) is 28.7 Å². The summed E-state index contributed by atoms with van der Waals surface area (Å²) in [6.07, 6.45) is 3.52. The highest BCUT2D eigenvalue weighted by Gasteiger charge is 2.24. The number of nitrogens with zero attached hydrogens (tertiary/aromatic N) is 3. The third-order valence-corrected chi connectivity index (χ3v) is 7.68. The SMILES string of the molecule is CCn1c(SCC(=O)Nc2ccc(C)cc2C)nnc1-c1csc2c1CCC(C)C2. The van der Waals surface area contributed by atoms with Gasteiger partial charge in [0.05, 0.1) is 5.75 Å². The maximum Gasteiger partial charge on any atom is 0.234 e. The predicted molar refractivity (Wildman–Crippen MR) is 125 cm³/mol. The number of benzene rings is 1. The van der Waals surface area contributed by atoms with Crippen molar-refractivity contribution in [3.8, 4) is 11.4 Å². The van der Waals surface area contributed by atoms with Crippen molar-refractivity contribution in [2.24, 2.45) is 5.92 Å². The van der Waals surface area contributed by atoms with Crippen molar-refractivity contribution < 1.29 is 4.79 Å². The molecule has 0 bridgehead atoms. The summed E-state index contributed by atoms with van der Waals surface area (Å²) in [5.74, 6) is 1.97. The fraction of sp³-hybridized carbons (Fsp3) is 0.435. The maximum absolute atomic E-state index is 12.5. The van der Waals surface area contributed by atoms with Gasteiger partial charge in [-0.25, -0.2) is 0 Å². The fourth-order valence-corrected chi connectivity index (χ4v) is 6.06. The zero-order valence-corrected chi connectivity index (χ0v) is 19.6. The first-order valence-corrected chi connectivity index (χ1v) is 12.4. The molecule has 0 saturated heterocycles. The Morgan fingerprint density at radius 3 is 2.93 bits per heavy atom. The van der Waals surface area contributed by atoms with E-state index in [0.29, 0.717) is 5.75 Å². The first-order chi connectivity index (χ1) is 14.5. The van der Waals surface area contributed by atoms with Crippen molar-refractivity contribution in [2.75, 3.05) is 11.1 Å². The molecule has 1 amide bonds. The molecule has 0 spiro atoms. The largest absolute Gasteiger partial charge is 0.325 e. The monoisotopic (exact) mass is 440 g/mol. The molecular weight excluding hydrogens is 412 g/mol. The summed E-state index contributed by atoms with van der Waals surface area (Å²) in [4.78, 5) is 14.0. The number of nitrogens with one attached hydrogen (secondary N) is 1. The van der Waals surface area contributed by atoms with Crippen LogP contribution in [0.2, 0.25) is 0 Å². The molecule has 0 aliphatic heterocycles. The summed E-state index contributed by atoms with van der Waals surface area (Å²) < 4.78 is 2.13. The highest BCUT2D eigenvalue weighted by Crippen LogP contribution is 2.38. The van der Waals surface area contributed by atoms with E-state index in [4.69, 9.17) is 0 Å². The standard InChI is InChI=1S/C23H28N4OS2/c1-5-27-22(18-12-29-20-11-15(3)6-8-17(18)20)25-26-23(27)30-13-21(28)24-19-9-7-14(2)10-16(19)4/h7,9-10,12,15H,5-6,8,11,13H2,1-4H3,(H,24,28). The van der Waals surface area contributed by atoms with Gasteiger partial charge in [0, 0.05) is 28.1 Å². The molecule has 1 aromatic carbocycles. The molecule has 30 heavy (non-hydrogen) atoms. The van der Waals surface area contributed by atoms with Crippen LogP contribution in [0.25, 0.3) is 11.4 Å². The van der Waals surface area contributed by atoms with E-state index in [1.165, 1.54) is 46.2 Å². The minimum Gasteiger partial charge on any atom is -0.325 e. The van der Waals surface area contributed by atoms with Crippen molar-refractivity contribution in [1.29, 1.82) is 0 Å². The summed E-state index contributed by atoms with van der Waals surface area (Å²) in [7, 11) is 0. The molecule has 5 nitrogen and oxygen atoms in total. The van der Waals surface area contributed by atoms with Crippen LogP contribution < -0.4 is 5.32 Å². The first kappa shape index (κ1) is 21.1. The Labute approximate surface area is 186 Å². The molecule has 2 aromatic heterocycles. The Morgan fingerprint density at radius 2 is 2.17 bits per heavy atom. The number of carbonyl (C=O) groups excluding carboxylic acids is 1. The lowest BCUT2D eigenvalue weighted by molar-refractivity contribution is -0.113. The van der Waals surface area contributed by atoms with Crippen LogP contribution in [0.1, 0.15) is 41.8 Å². The smallest absolute Gasteiger partial charge is 0.234 e. The van der Waals surface area contributed by atoms with Crippen LogP contribution in [-0.2, 0) is 24.2 Å². The van der Waals surface area contributed by atoms with Crippen molar-refractivity contribution in [1.82, 2.24) is 14.8 Å². The number of thiophene rings is 1. The Balaban J connectivity index is 1.47. The lowest BCUT2D eigenvalue weighted by Crippen LogP contribution is -2.15. The fourth-order valence-electron chi connectivity index (χ4n) is 4.01. The van der Waals surface area contributed by atoms with Gasteiger partial charge in [-0.1, -0.05) is 36.4 Å². The van der Waals surface area contributed by atoms with Crippen LogP contribution in [0.3, 0.4) is 0 Å². The van der Waals surface area contributed by atoms with Gasteiger partial charge in [-0.05, 0) is 63.1 Å². The number of hydrogen-bond acceptors (Lipinski definition) is 5. The molecule has 0 radical (unpaired) electrons. The van der Waals surface area contributed by atoms with Gasteiger partial charge in [0.1, 0.15) is 0 Å². The van der Waals surface area contributed by atoms with Gasteiger partial charge in [-0.3, -0.25) is 4.79 Å². The van der Waals surface area contributed by atoms with Crippen LogP contribution in [0, 0.1) is 19.8 Å². The number of aryl methyl sites for hydroxylation is 2. The molecule has 7 heteroatoms. The third kappa shape index (κ3) is 4.32. The van der Waals surface area contributed by atoms with E-state index >= 15 is 0 Å². The van der Waals surface area contributed by atoms with E-state index in [1.54, 1.807) is 0 Å². The first-order valence-electron chi connectivity index (χ1n) is 10.5. The molecule has 1 atom stereocenters. The molecule has 0 fully saturated rings. The Morgan fingerprint density at radius 1 is 1.33 bits per heavy atom. The van der Waals surface area contributed by atoms with E-state index in [0.717, 1.165) is 41.1 Å². The molecule has 1 aliphatic rings. The predicted octanol–water partition coefficient (Wildman–Crippen LogP) is 5.50. The molecule has 0 saturated carbocycles. The maximum atomic E-state index is 12.5. The summed E-state index contributed by atoms with van der Waals surface area (Å²) in [6, 6.07) is 6.05. The lowest BCUT2D eigenvalue weighted by Gasteiger charge is -2.19. The third-order valence-electron chi connectivity index (χ3n) is 5.66. The molecule has 1 aliphatic carbocycles. The van der Waals surface area contributed by atoms with Crippen LogP contribution in [0.4, 0.5) is 5.69 Å². The van der Waals surface area contributed by atoms with Crippen LogP contribution in [0.5, 0.6) is 0 Å². The zero-order chi connectivity index (χ0) is 21.3. The molecule has 3 aromatic rings. The molecule has 4 rings (SSSR count). The van der Waals surface area contributed by atoms with Gasteiger partial charge in [0.2, 0.25) is 5.91 Å². The second kappa shape index (κ2) is 8.94. The molecule has 2 heterocycles.